The molecule has 0 N–H and O–H groups in total. The summed E-state index contributed by atoms with van der Waals surface area (Å²) in [5.74, 6) is 0.397. The topological polar surface area (TPSA) is 9.23 Å². The van der Waals surface area contributed by atoms with E-state index in [1.54, 1.807) is 0 Å². The van der Waals surface area contributed by atoms with Crippen molar-refractivity contribution >= 4 is 0 Å². The SMILES string of the molecule is Fc1ccc(Oc2ccc(F)cc2)cc1. The highest BCUT2D eigenvalue weighted by atomic mass is 19.1. The zero-order valence-electron chi connectivity index (χ0n) is 7.78. The van der Waals surface area contributed by atoms with Crippen LogP contribution in [0.3, 0.4) is 0 Å². The van der Waals surface area contributed by atoms with Crippen LogP contribution in [0.4, 0.5) is 8.78 Å². The first-order chi connectivity index (χ1) is 7.24. The fraction of sp³-hybridized carbons (Fsp3) is 0. The minimum Gasteiger partial charge on any atom is -0.457 e. The molecule has 0 saturated heterocycles. The number of rotatable bonds is 2. The molecule has 1 nitrogen and oxygen atoms in total. The Morgan fingerprint density at radius 3 is 1.27 bits per heavy atom. The fourth-order valence-corrected chi connectivity index (χ4v) is 1.14. The van der Waals surface area contributed by atoms with Gasteiger partial charge in [-0.05, 0) is 48.5 Å². The van der Waals surface area contributed by atoms with Gasteiger partial charge in [-0.3, -0.25) is 0 Å². The summed E-state index contributed by atoms with van der Waals surface area (Å²) in [5, 5.41) is 0. The summed E-state index contributed by atoms with van der Waals surface area (Å²) in [4.78, 5) is 0. The molecule has 15 heavy (non-hydrogen) atoms. The minimum atomic E-state index is -0.318. The Morgan fingerprint density at radius 2 is 0.933 bits per heavy atom. The summed E-state index contributed by atoms with van der Waals surface area (Å²) in [6, 6.07) is 11.3. The van der Waals surface area contributed by atoms with Gasteiger partial charge in [0, 0.05) is 0 Å². The Hall–Kier alpha value is -1.90. The lowest BCUT2D eigenvalue weighted by Gasteiger charge is -2.04. The van der Waals surface area contributed by atoms with Crippen molar-refractivity contribution in [2.75, 3.05) is 0 Å². The first-order valence-corrected chi connectivity index (χ1v) is 4.43. The van der Waals surface area contributed by atoms with E-state index in [4.69, 9.17) is 4.74 Å². The van der Waals surface area contributed by atoms with E-state index in [0.717, 1.165) is 0 Å². The normalized spacial score (nSPS) is 10.0. The Kier molecular flexibility index (Phi) is 2.63. The van der Waals surface area contributed by atoms with Crippen LogP contribution in [0.5, 0.6) is 11.5 Å². The maximum atomic E-state index is 12.6. The van der Waals surface area contributed by atoms with Gasteiger partial charge in [-0.2, -0.15) is 0 Å². The number of benzene rings is 2. The molecule has 2 aromatic carbocycles. The van der Waals surface area contributed by atoms with Crippen LogP contribution in [0.2, 0.25) is 0 Å². The van der Waals surface area contributed by atoms with Gasteiger partial charge in [-0.1, -0.05) is 0 Å². The smallest absolute Gasteiger partial charge is 0.127 e. The predicted octanol–water partition coefficient (Wildman–Crippen LogP) is 3.76. The van der Waals surface area contributed by atoms with E-state index >= 15 is 0 Å². The molecular weight excluding hydrogens is 198 g/mol. The van der Waals surface area contributed by atoms with Crippen molar-refractivity contribution < 1.29 is 13.5 Å². The van der Waals surface area contributed by atoms with E-state index in [-0.39, 0.29) is 11.6 Å². The third-order valence-corrected chi connectivity index (χ3v) is 1.86. The molecule has 0 unspecified atom stereocenters. The zero-order valence-corrected chi connectivity index (χ0v) is 7.78. The predicted molar refractivity (Wildman–Crippen MR) is 52.9 cm³/mol. The number of halogens is 2. The second-order valence-corrected chi connectivity index (χ2v) is 3.01. The molecule has 0 aromatic heterocycles. The van der Waals surface area contributed by atoms with E-state index in [0.29, 0.717) is 11.5 Å². The number of hydrogen-bond donors (Lipinski definition) is 0. The quantitative estimate of drug-likeness (QED) is 0.726. The van der Waals surface area contributed by atoms with Crippen LogP contribution in [0, 0.1) is 11.6 Å². The summed E-state index contributed by atoms with van der Waals surface area (Å²) in [7, 11) is 0. The molecule has 0 aliphatic rings. The van der Waals surface area contributed by atoms with Crippen LogP contribution in [0.25, 0.3) is 0 Å². The van der Waals surface area contributed by atoms with Gasteiger partial charge in [0.1, 0.15) is 23.1 Å². The average Bonchev–Trinajstić information content (AvgIpc) is 2.25. The Bertz CT molecular complexity index is 391. The summed E-state index contributed by atoms with van der Waals surface area (Å²) in [5.41, 5.74) is 0. The van der Waals surface area contributed by atoms with Crippen molar-refractivity contribution in [2.45, 2.75) is 0 Å². The fourth-order valence-electron chi connectivity index (χ4n) is 1.14. The molecule has 0 amide bonds. The second kappa shape index (κ2) is 4.09. The van der Waals surface area contributed by atoms with Crippen LogP contribution in [-0.4, -0.2) is 0 Å². The molecule has 0 bridgehead atoms. The molecule has 0 radical (unpaired) electrons. The van der Waals surface area contributed by atoms with E-state index in [9.17, 15) is 8.78 Å². The third kappa shape index (κ3) is 2.53. The Morgan fingerprint density at radius 1 is 0.600 bits per heavy atom. The number of ether oxygens (including phenoxy) is 1. The highest BCUT2D eigenvalue weighted by molar-refractivity contribution is 5.30. The van der Waals surface area contributed by atoms with Crippen molar-refractivity contribution in [1.82, 2.24) is 0 Å². The van der Waals surface area contributed by atoms with Crippen molar-refractivity contribution in [3.05, 3.63) is 60.2 Å². The van der Waals surface area contributed by atoms with Crippen molar-refractivity contribution in [3.63, 3.8) is 0 Å². The molecule has 0 aliphatic heterocycles. The molecule has 0 aliphatic carbocycles. The van der Waals surface area contributed by atoms with Crippen LogP contribution >= 0.6 is 0 Å². The second-order valence-electron chi connectivity index (χ2n) is 3.01. The van der Waals surface area contributed by atoms with Crippen molar-refractivity contribution in [1.29, 1.82) is 0 Å². The summed E-state index contributed by atoms with van der Waals surface area (Å²) in [6.07, 6.45) is 0. The molecule has 0 spiro atoms. The molecular formula is C12H8F2O. The summed E-state index contributed by atoms with van der Waals surface area (Å²) >= 11 is 0. The van der Waals surface area contributed by atoms with Crippen LogP contribution in [-0.2, 0) is 0 Å². The Balaban J connectivity index is 2.15. The monoisotopic (exact) mass is 206 g/mol. The van der Waals surface area contributed by atoms with E-state index in [2.05, 4.69) is 0 Å². The first-order valence-electron chi connectivity index (χ1n) is 4.43. The lowest BCUT2D eigenvalue weighted by Crippen LogP contribution is -1.84. The minimum absolute atomic E-state index is 0.318. The molecule has 2 aromatic rings. The average molecular weight is 206 g/mol. The largest absolute Gasteiger partial charge is 0.457 e. The molecule has 0 heterocycles. The van der Waals surface area contributed by atoms with E-state index in [1.807, 2.05) is 0 Å². The molecule has 2 rings (SSSR count). The van der Waals surface area contributed by atoms with Gasteiger partial charge in [0.15, 0.2) is 0 Å². The molecule has 3 heteroatoms. The maximum absolute atomic E-state index is 12.6. The summed E-state index contributed by atoms with van der Waals surface area (Å²) in [6.45, 7) is 0. The third-order valence-electron chi connectivity index (χ3n) is 1.86. The molecule has 0 saturated carbocycles. The van der Waals surface area contributed by atoms with Crippen molar-refractivity contribution in [3.8, 4) is 11.5 Å². The van der Waals surface area contributed by atoms with Gasteiger partial charge in [-0.25, -0.2) is 8.78 Å². The highest BCUT2D eigenvalue weighted by Crippen LogP contribution is 2.21. The highest BCUT2D eigenvalue weighted by Gasteiger charge is 1.97. The van der Waals surface area contributed by atoms with Crippen molar-refractivity contribution in [2.24, 2.45) is 0 Å². The standard InChI is InChI=1S/C12H8F2O/c13-9-1-5-11(6-2-9)15-12-7-3-10(14)4-8-12/h1-8H. The van der Waals surface area contributed by atoms with Crippen LogP contribution in [0.15, 0.2) is 48.5 Å². The first kappa shape index (κ1) is 9.65. The molecule has 0 atom stereocenters. The zero-order chi connectivity index (χ0) is 10.7. The lowest BCUT2D eigenvalue weighted by atomic mass is 10.3. The van der Waals surface area contributed by atoms with Gasteiger partial charge in [0.25, 0.3) is 0 Å². The Labute approximate surface area is 85.9 Å². The van der Waals surface area contributed by atoms with Gasteiger partial charge in [0.2, 0.25) is 0 Å². The lowest BCUT2D eigenvalue weighted by molar-refractivity contribution is 0.478. The van der Waals surface area contributed by atoms with Crippen LogP contribution < -0.4 is 4.74 Å². The molecule has 76 valence electrons. The maximum Gasteiger partial charge on any atom is 0.127 e. The summed E-state index contributed by atoms with van der Waals surface area (Å²) < 4.78 is 30.5. The molecule has 0 fully saturated rings. The van der Waals surface area contributed by atoms with Gasteiger partial charge in [0.05, 0.1) is 0 Å². The van der Waals surface area contributed by atoms with Gasteiger partial charge >= 0.3 is 0 Å². The van der Waals surface area contributed by atoms with Crippen LogP contribution in [0.1, 0.15) is 0 Å². The van der Waals surface area contributed by atoms with Gasteiger partial charge in [-0.15, -0.1) is 0 Å². The van der Waals surface area contributed by atoms with E-state index in [1.165, 1.54) is 48.5 Å². The van der Waals surface area contributed by atoms with Gasteiger partial charge < -0.3 is 4.74 Å². The van der Waals surface area contributed by atoms with E-state index < -0.39 is 0 Å². The number of hydrogen-bond acceptors (Lipinski definition) is 1.